The molecule has 4 N–H and O–H groups in total. The molecule has 3 aliphatic heterocycles. The van der Waals surface area contributed by atoms with Gasteiger partial charge in [0.05, 0.1) is 13.2 Å². The summed E-state index contributed by atoms with van der Waals surface area (Å²) < 4.78 is 32.4. The molecule has 10 nitrogen and oxygen atoms in total. The van der Waals surface area contributed by atoms with Gasteiger partial charge in [-0.25, -0.2) is 0 Å². The van der Waals surface area contributed by atoms with Crippen molar-refractivity contribution < 1.29 is 48.8 Å². The van der Waals surface area contributed by atoms with E-state index in [1.807, 2.05) is 0 Å². The molecular weight excluding hydrogens is 328 g/mol. The van der Waals surface area contributed by atoms with E-state index in [-0.39, 0.29) is 6.61 Å². The lowest BCUT2D eigenvalue weighted by atomic mass is 9.98. The molecule has 0 amide bonds. The van der Waals surface area contributed by atoms with Crippen LogP contribution in [0.4, 0.5) is 0 Å². The summed E-state index contributed by atoms with van der Waals surface area (Å²) in [6.45, 7) is -0.263. The maximum atomic E-state index is 10.3. The van der Waals surface area contributed by atoms with E-state index < -0.39 is 68.0 Å². The molecule has 10 heteroatoms. The Kier molecular flexibility index (Phi) is 5.72. The third-order valence-corrected chi connectivity index (χ3v) is 4.69. The van der Waals surface area contributed by atoms with E-state index in [1.54, 1.807) is 0 Å². The van der Waals surface area contributed by atoms with Crippen LogP contribution < -0.4 is 0 Å². The highest BCUT2D eigenvalue weighted by Crippen LogP contribution is 2.35. The van der Waals surface area contributed by atoms with Crippen LogP contribution in [-0.4, -0.2) is 109 Å². The Labute approximate surface area is 138 Å². The van der Waals surface area contributed by atoms with Crippen LogP contribution in [0.5, 0.6) is 0 Å². The van der Waals surface area contributed by atoms with Crippen LogP contribution in [0, 0.1) is 0 Å². The molecule has 2 bridgehead atoms. The molecule has 0 aromatic carbocycles. The number of methoxy groups -OCH3 is 2. The second-order valence-electron chi connectivity index (χ2n) is 6.07. The van der Waals surface area contributed by atoms with Gasteiger partial charge in [-0.2, -0.15) is 0 Å². The number of rotatable bonds is 5. The Bertz CT molecular complexity index is 422. The maximum Gasteiger partial charge on any atom is 0.187 e. The highest BCUT2D eigenvalue weighted by Gasteiger charge is 2.55. The molecule has 0 aromatic rings. The fourth-order valence-electron chi connectivity index (χ4n) is 3.38. The molecule has 0 saturated carbocycles. The molecule has 140 valence electrons. The van der Waals surface area contributed by atoms with E-state index >= 15 is 0 Å². The molecule has 24 heavy (non-hydrogen) atoms. The molecule has 10 atom stereocenters. The zero-order chi connectivity index (χ0) is 17.4. The summed E-state index contributed by atoms with van der Waals surface area (Å²) in [5.74, 6) is 0. The number of hydrogen-bond acceptors (Lipinski definition) is 10. The highest BCUT2D eigenvalue weighted by molar-refractivity contribution is 4.98. The standard InChI is InChI=1S/C14H24O10/c1-19-11-7(16)5(3-15)22-14(8(11)17)24-10-6-4-21-12(10)9(18)13(20-2)23-6/h5-18H,3-4H2,1-2H3/t5?,6?,7-,8?,9?,10+,11-,12?,13+,14-/m0/s1. The van der Waals surface area contributed by atoms with Crippen molar-refractivity contribution in [3.05, 3.63) is 0 Å². The van der Waals surface area contributed by atoms with Gasteiger partial charge < -0.3 is 48.8 Å². The molecular formula is C14H24O10. The minimum atomic E-state index is -1.29. The number of aliphatic hydroxyl groups excluding tert-OH is 4. The van der Waals surface area contributed by atoms with Crippen LogP contribution in [-0.2, 0) is 28.4 Å². The molecule has 5 unspecified atom stereocenters. The summed E-state index contributed by atoms with van der Waals surface area (Å²) in [4.78, 5) is 0. The first-order valence-electron chi connectivity index (χ1n) is 7.80. The Hall–Kier alpha value is -0.400. The average molecular weight is 352 g/mol. The van der Waals surface area contributed by atoms with Crippen molar-refractivity contribution in [3.8, 4) is 0 Å². The van der Waals surface area contributed by atoms with Crippen LogP contribution in [0.3, 0.4) is 0 Å². The minimum Gasteiger partial charge on any atom is -0.394 e. The predicted molar refractivity (Wildman–Crippen MR) is 74.8 cm³/mol. The maximum absolute atomic E-state index is 10.3. The second kappa shape index (κ2) is 7.46. The third-order valence-electron chi connectivity index (χ3n) is 4.69. The molecule has 0 aliphatic carbocycles. The topological polar surface area (TPSA) is 136 Å². The zero-order valence-electron chi connectivity index (χ0n) is 13.4. The number of fused-ring (bicyclic) bond motifs is 2. The van der Waals surface area contributed by atoms with Crippen molar-refractivity contribution in [2.75, 3.05) is 27.4 Å². The van der Waals surface area contributed by atoms with Gasteiger partial charge in [-0.1, -0.05) is 0 Å². The van der Waals surface area contributed by atoms with Gasteiger partial charge in [0.15, 0.2) is 12.6 Å². The smallest absolute Gasteiger partial charge is 0.187 e. The van der Waals surface area contributed by atoms with Gasteiger partial charge in [0.25, 0.3) is 0 Å². The van der Waals surface area contributed by atoms with Crippen molar-refractivity contribution in [1.82, 2.24) is 0 Å². The second-order valence-corrected chi connectivity index (χ2v) is 6.07. The molecule has 0 aromatic heterocycles. The third kappa shape index (κ3) is 3.07. The fraction of sp³-hybridized carbons (Fsp3) is 1.00. The first-order valence-corrected chi connectivity index (χ1v) is 7.80. The zero-order valence-corrected chi connectivity index (χ0v) is 13.4. The first-order chi connectivity index (χ1) is 11.5. The van der Waals surface area contributed by atoms with E-state index in [0.717, 1.165) is 0 Å². The van der Waals surface area contributed by atoms with Crippen molar-refractivity contribution in [1.29, 1.82) is 0 Å². The SMILES string of the molecule is CO[C@@H]1OC2COC(C1O)[C@@H]2O[C@@H]1OC(CO)[C@H](O)[C@H](OC)C1O. The van der Waals surface area contributed by atoms with Crippen LogP contribution in [0.25, 0.3) is 0 Å². The Morgan fingerprint density at radius 2 is 1.67 bits per heavy atom. The molecule has 0 radical (unpaired) electrons. The first kappa shape index (κ1) is 18.4. The van der Waals surface area contributed by atoms with Crippen LogP contribution in [0.1, 0.15) is 0 Å². The van der Waals surface area contributed by atoms with Gasteiger partial charge in [-0.3, -0.25) is 0 Å². The monoisotopic (exact) mass is 352 g/mol. The van der Waals surface area contributed by atoms with Crippen molar-refractivity contribution in [2.24, 2.45) is 0 Å². The molecule has 3 saturated heterocycles. The van der Waals surface area contributed by atoms with E-state index in [2.05, 4.69) is 0 Å². The molecule has 3 heterocycles. The summed E-state index contributed by atoms with van der Waals surface area (Å²) in [6, 6.07) is 0. The summed E-state index contributed by atoms with van der Waals surface area (Å²) >= 11 is 0. The molecule has 3 fully saturated rings. The summed E-state index contributed by atoms with van der Waals surface area (Å²) in [7, 11) is 2.75. The van der Waals surface area contributed by atoms with E-state index in [1.165, 1.54) is 14.2 Å². The Balaban J connectivity index is 1.71. The van der Waals surface area contributed by atoms with Crippen LogP contribution >= 0.6 is 0 Å². The minimum absolute atomic E-state index is 0.203. The van der Waals surface area contributed by atoms with Crippen molar-refractivity contribution in [3.63, 3.8) is 0 Å². The number of ether oxygens (including phenoxy) is 6. The van der Waals surface area contributed by atoms with Crippen LogP contribution in [0.2, 0.25) is 0 Å². The van der Waals surface area contributed by atoms with Crippen molar-refractivity contribution in [2.45, 2.75) is 61.4 Å². The van der Waals surface area contributed by atoms with E-state index in [4.69, 9.17) is 28.4 Å². The van der Waals surface area contributed by atoms with Crippen LogP contribution in [0.15, 0.2) is 0 Å². The number of hydrogen-bond donors (Lipinski definition) is 4. The number of aliphatic hydroxyl groups is 4. The van der Waals surface area contributed by atoms with Gasteiger partial charge in [-0.05, 0) is 0 Å². The quantitative estimate of drug-likeness (QED) is 0.404. The lowest BCUT2D eigenvalue weighted by Crippen LogP contribution is -2.62. The summed E-state index contributed by atoms with van der Waals surface area (Å²) in [5.41, 5.74) is 0. The molecule has 3 rings (SSSR count). The van der Waals surface area contributed by atoms with Gasteiger partial charge in [-0.15, -0.1) is 0 Å². The summed E-state index contributed by atoms with van der Waals surface area (Å²) in [6.07, 6.45) is -9.40. The Morgan fingerprint density at radius 1 is 0.917 bits per heavy atom. The lowest BCUT2D eigenvalue weighted by Gasteiger charge is -2.44. The average Bonchev–Trinajstić information content (AvgIpc) is 2.88. The highest BCUT2D eigenvalue weighted by atomic mass is 16.8. The van der Waals surface area contributed by atoms with Gasteiger partial charge in [0, 0.05) is 14.2 Å². The van der Waals surface area contributed by atoms with Gasteiger partial charge in [0.2, 0.25) is 0 Å². The van der Waals surface area contributed by atoms with Crippen molar-refractivity contribution >= 4 is 0 Å². The predicted octanol–water partition coefficient (Wildman–Crippen LogP) is -3.04. The van der Waals surface area contributed by atoms with Gasteiger partial charge in [0.1, 0.15) is 48.8 Å². The fourth-order valence-corrected chi connectivity index (χ4v) is 3.38. The molecule has 0 spiro atoms. The normalized spacial score (nSPS) is 51.8. The molecule has 3 aliphatic rings. The van der Waals surface area contributed by atoms with Gasteiger partial charge >= 0.3 is 0 Å². The largest absolute Gasteiger partial charge is 0.394 e. The van der Waals surface area contributed by atoms with E-state index in [0.29, 0.717) is 0 Å². The van der Waals surface area contributed by atoms with E-state index in [9.17, 15) is 20.4 Å². The Morgan fingerprint density at radius 3 is 2.29 bits per heavy atom. The lowest BCUT2D eigenvalue weighted by molar-refractivity contribution is -0.340. The summed E-state index contributed by atoms with van der Waals surface area (Å²) in [5, 5.41) is 39.9.